The van der Waals surface area contributed by atoms with Gasteiger partial charge >= 0.3 is 12.1 Å². The number of unbranched alkanes of at least 4 members (excludes halogenated alkanes) is 2. The number of carbonyl (C=O) groups is 4. The number of rotatable bonds is 11. The molecule has 0 spiro atoms. The van der Waals surface area contributed by atoms with E-state index in [1.807, 2.05) is 0 Å². The number of alkyl halides is 2. The molecule has 0 aromatic rings. The van der Waals surface area contributed by atoms with Gasteiger partial charge in [0.1, 0.15) is 23.6 Å². The van der Waals surface area contributed by atoms with Gasteiger partial charge in [0.2, 0.25) is 11.8 Å². The average Bonchev–Trinajstić information content (AvgIpc) is 3.22. The van der Waals surface area contributed by atoms with Gasteiger partial charge in [-0.25, -0.2) is 18.6 Å². The van der Waals surface area contributed by atoms with Gasteiger partial charge in [-0.15, -0.1) is 12.3 Å². The maximum absolute atomic E-state index is 14.3. The van der Waals surface area contributed by atoms with Gasteiger partial charge in [0.25, 0.3) is 5.91 Å². The van der Waals surface area contributed by atoms with Crippen LogP contribution in [0.2, 0.25) is 0 Å². The number of aliphatic imine (C=N–C) groups is 1. The van der Waals surface area contributed by atoms with Crippen molar-refractivity contribution < 1.29 is 37.8 Å². The number of hydrogen-bond acceptors (Lipinski definition) is 5. The molecule has 1 aliphatic heterocycles. The molecule has 3 unspecified atom stereocenters. The summed E-state index contributed by atoms with van der Waals surface area (Å²) in [6.45, 7) is 4.94. The average molecular weight is 512 g/mol. The quantitative estimate of drug-likeness (QED) is 0.249. The standard InChI is InChI=1S/C25H35F2N3O6/c1-5-6-7-8-11-25(26,27)14-17-13-24(17,21(33)34)16-29-20(32)18-10-9-12-30(18)19(31)15-28-22(35)36-23(2,3)4/h1,16-18H,6-15H2,2-4H3,(H,28,35)(H,33,34). The van der Waals surface area contributed by atoms with Gasteiger partial charge in [0.05, 0.1) is 0 Å². The molecule has 1 saturated heterocycles. The van der Waals surface area contributed by atoms with Crippen LogP contribution >= 0.6 is 0 Å². The number of nitrogens with zero attached hydrogens (tertiary/aromatic N) is 2. The number of aliphatic carboxylic acids is 1. The highest BCUT2D eigenvalue weighted by atomic mass is 19.3. The molecular formula is C25H35F2N3O6. The predicted molar refractivity (Wildman–Crippen MR) is 128 cm³/mol. The third-order valence-electron chi connectivity index (χ3n) is 6.27. The lowest BCUT2D eigenvalue weighted by molar-refractivity contribution is -0.141. The molecular weight excluding hydrogens is 476 g/mol. The first kappa shape index (κ1) is 29.2. The highest BCUT2D eigenvalue weighted by molar-refractivity contribution is 6.03. The molecule has 0 radical (unpaired) electrons. The molecule has 2 rings (SSSR count). The largest absolute Gasteiger partial charge is 0.481 e. The van der Waals surface area contributed by atoms with Gasteiger partial charge in [0, 0.05) is 32.0 Å². The number of carboxylic acids is 1. The zero-order valence-electron chi connectivity index (χ0n) is 21.0. The van der Waals surface area contributed by atoms with Gasteiger partial charge < -0.3 is 20.1 Å². The van der Waals surface area contributed by atoms with Crippen molar-refractivity contribution in [1.29, 1.82) is 0 Å². The highest BCUT2D eigenvalue weighted by Crippen LogP contribution is 2.56. The summed E-state index contributed by atoms with van der Waals surface area (Å²) in [6, 6.07) is -0.908. The molecule has 9 nitrogen and oxygen atoms in total. The van der Waals surface area contributed by atoms with E-state index in [9.17, 15) is 33.1 Å². The third kappa shape index (κ3) is 8.28. The SMILES string of the molecule is C#CCCCCC(F)(F)CC1CC1(C=NC(=O)C1CCCN1C(=O)CNC(=O)OC(C)(C)C)C(=O)O. The van der Waals surface area contributed by atoms with Gasteiger partial charge in [0.15, 0.2) is 0 Å². The molecule has 200 valence electrons. The van der Waals surface area contributed by atoms with E-state index in [-0.39, 0.29) is 32.4 Å². The van der Waals surface area contributed by atoms with Crippen molar-refractivity contribution in [2.45, 2.75) is 89.7 Å². The molecule has 3 amide bonds. The number of terminal acetylenes is 1. The highest BCUT2D eigenvalue weighted by Gasteiger charge is 2.62. The smallest absolute Gasteiger partial charge is 0.408 e. The second-order valence-electron chi connectivity index (χ2n) is 10.4. The topological polar surface area (TPSA) is 125 Å². The Bertz CT molecular complexity index is 924. The zero-order valence-corrected chi connectivity index (χ0v) is 21.0. The predicted octanol–water partition coefficient (Wildman–Crippen LogP) is 3.41. The van der Waals surface area contributed by atoms with Gasteiger partial charge in [-0.2, -0.15) is 0 Å². The van der Waals surface area contributed by atoms with Crippen molar-refractivity contribution in [2.24, 2.45) is 16.3 Å². The first-order valence-electron chi connectivity index (χ1n) is 12.1. The molecule has 11 heteroatoms. The molecule has 2 N–H and O–H groups in total. The summed E-state index contributed by atoms with van der Waals surface area (Å²) in [4.78, 5) is 54.0. The summed E-state index contributed by atoms with van der Waals surface area (Å²) < 4.78 is 33.7. The minimum Gasteiger partial charge on any atom is -0.481 e. The second kappa shape index (κ2) is 11.8. The van der Waals surface area contributed by atoms with Crippen molar-refractivity contribution in [2.75, 3.05) is 13.1 Å². The first-order chi connectivity index (χ1) is 16.7. The number of ether oxygens (including phenoxy) is 1. The van der Waals surface area contributed by atoms with E-state index in [1.165, 1.54) is 4.90 Å². The summed E-state index contributed by atoms with van der Waals surface area (Å²) in [5.74, 6) is -4.02. The summed E-state index contributed by atoms with van der Waals surface area (Å²) in [5.41, 5.74) is -2.36. The Kier molecular flexibility index (Phi) is 9.57. The minimum atomic E-state index is -3.04. The van der Waals surface area contributed by atoms with E-state index < -0.39 is 59.2 Å². The van der Waals surface area contributed by atoms with Crippen LogP contribution in [0.15, 0.2) is 4.99 Å². The van der Waals surface area contributed by atoms with Crippen LogP contribution in [-0.2, 0) is 19.1 Å². The number of hydrogen-bond donors (Lipinski definition) is 2. The normalized spacial score (nSPS) is 23.8. The van der Waals surface area contributed by atoms with E-state index in [4.69, 9.17) is 11.2 Å². The summed E-state index contributed by atoms with van der Waals surface area (Å²) in [7, 11) is 0. The number of halogens is 2. The van der Waals surface area contributed by atoms with Crippen LogP contribution in [0.25, 0.3) is 0 Å². The maximum atomic E-state index is 14.3. The minimum absolute atomic E-state index is 0.0355. The Hall–Kier alpha value is -3.03. The molecule has 2 aliphatic rings. The Balaban J connectivity index is 1.95. The molecule has 2 fully saturated rings. The molecule has 0 aromatic heterocycles. The van der Waals surface area contributed by atoms with Crippen molar-refractivity contribution in [3.05, 3.63) is 0 Å². The molecule has 1 aliphatic carbocycles. The monoisotopic (exact) mass is 511 g/mol. The summed E-state index contributed by atoms with van der Waals surface area (Å²) in [6.07, 6.45) is 6.26. The Morgan fingerprint density at radius 1 is 1.28 bits per heavy atom. The number of amides is 3. The molecule has 3 atom stereocenters. The van der Waals surface area contributed by atoms with E-state index in [0.29, 0.717) is 25.7 Å². The maximum Gasteiger partial charge on any atom is 0.408 e. The van der Waals surface area contributed by atoms with Gasteiger partial charge in [-0.1, -0.05) is 0 Å². The van der Waals surface area contributed by atoms with Crippen LogP contribution in [0.3, 0.4) is 0 Å². The number of likely N-dealkylation sites (tertiary alicyclic amines) is 1. The lowest BCUT2D eigenvalue weighted by Gasteiger charge is -2.23. The lowest BCUT2D eigenvalue weighted by Crippen LogP contribution is -2.46. The number of alkyl carbamates (subject to hydrolysis) is 1. The molecule has 1 saturated carbocycles. The van der Waals surface area contributed by atoms with Crippen molar-refractivity contribution >= 4 is 30.1 Å². The van der Waals surface area contributed by atoms with E-state index in [2.05, 4.69) is 16.2 Å². The Morgan fingerprint density at radius 2 is 1.97 bits per heavy atom. The zero-order chi connectivity index (χ0) is 27.1. The fourth-order valence-electron chi connectivity index (χ4n) is 4.30. The van der Waals surface area contributed by atoms with Crippen molar-refractivity contribution in [3.8, 4) is 12.3 Å². The lowest BCUT2D eigenvalue weighted by atomic mass is 9.98. The van der Waals surface area contributed by atoms with E-state index in [1.54, 1.807) is 20.8 Å². The van der Waals surface area contributed by atoms with Crippen LogP contribution in [0.5, 0.6) is 0 Å². The number of carbonyl (C=O) groups excluding carboxylic acids is 3. The third-order valence-corrected chi connectivity index (χ3v) is 6.27. The molecule has 36 heavy (non-hydrogen) atoms. The van der Waals surface area contributed by atoms with Crippen LogP contribution in [-0.4, -0.2) is 70.8 Å². The Labute approximate surface area is 210 Å². The summed E-state index contributed by atoms with van der Waals surface area (Å²) >= 11 is 0. The van der Waals surface area contributed by atoms with Crippen LogP contribution in [0.1, 0.15) is 72.1 Å². The summed E-state index contributed by atoms with van der Waals surface area (Å²) in [5, 5.41) is 12.0. The fraction of sp³-hybridized carbons (Fsp3) is 0.720. The number of nitrogens with one attached hydrogen (secondary N) is 1. The fourth-order valence-corrected chi connectivity index (χ4v) is 4.30. The first-order valence-corrected chi connectivity index (χ1v) is 12.1. The van der Waals surface area contributed by atoms with E-state index >= 15 is 0 Å². The number of carboxylic acid groups (broad SMARTS) is 1. The van der Waals surface area contributed by atoms with Crippen LogP contribution < -0.4 is 5.32 Å². The molecule has 0 aromatic carbocycles. The van der Waals surface area contributed by atoms with Gasteiger partial charge in [-0.3, -0.25) is 14.4 Å². The Morgan fingerprint density at radius 3 is 2.58 bits per heavy atom. The van der Waals surface area contributed by atoms with Crippen LogP contribution in [0, 0.1) is 23.7 Å². The van der Waals surface area contributed by atoms with E-state index in [0.717, 1.165) is 6.21 Å². The molecule has 0 bridgehead atoms. The van der Waals surface area contributed by atoms with Gasteiger partial charge in [-0.05, 0) is 58.8 Å². The second-order valence-corrected chi connectivity index (χ2v) is 10.4. The van der Waals surface area contributed by atoms with Crippen LogP contribution in [0.4, 0.5) is 13.6 Å². The molecule has 1 heterocycles. The van der Waals surface area contributed by atoms with Crippen molar-refractivity contribution in [1.82, 2.24) is 10.2 Å². The van der Waals surface area contributed by atoms with Crippen molar-refractivity contribution in [3.63, 3.8) is 0 Å².